The first kappa shape index (κ1) is 20.2. The van der Waals surface area contributed by atoms with E-state index in [4.69, 9.17) is 0 Å². The Morgan fingerprint density at radius 2 is 2.00 bits per heavy atom. The SMILES string of the molecule is Cc1cc(F)c(NC(=O)c2cccc(-c3nnc4ccccn34)n2)cc1-n1cnc(C2CC2)c1. The van der Waals surface area contributed by atoms with Gasteiger partial charge in [-0.1, -0.05) is 12.1 Å². The number of aryl methyl sites for hydroxylation is 1. The minimum atomic E-state index is -0.520. The summed E-state index contributed by atoms with van der Waals surface area (Å²) in [5.74, 6) is -0.00651. The first-order chi connectivity index (χ1) is 16.6. The van der Waals surface area contributed by atoms with Crippen LogP contribution in [0.15, 0.2) is 67.3 Å². The molecule has 0 spiro atoms. The summed E-state index contributed by atoms with van der Waals surface area (Å²) in [5, 5.41) is 11.0. The number of amides is 1. The lowest BCUT2D eigenvalue weighted by Gasteiger charge is -2.12. The van der Waals surface area contributed by atoms with Crippen LogP contribution in [0.1, 0.15) is 40.5 Å². The van der Waals surface area contributed by atoms with Crippen LogP contribution >= 0.6 is 0 Å². The third-order valence-electron chi connectivity index (χ3n) is 5.93. The van der Waals surface area contributed by atoms with Crippen LogP contribution in [0.25, 0.3) is 22.9 Å². The van der Waals surface area contributed by atoms with Crippen molar-refractivity contribution in [3.05, 3.63) is 90.0 Å². The van der Waals surface area contributed by atoms with E-state index in [1.165, 1.54) is 6.07 Å². The standard InChI is InChI=1S/C25H20FN7O/c1-15-11-17(26)20(12-22(15)32-13-21(27-14-32)16-8-9-16)29-25(34)19-6-4-5-18(28-19)24-31-30-23-7-2-3-10-33(23)24/h2-7,10-14,16H,8-9H2,1H3,(H,29,34). The minimum Gasteiger partial charge on any atom is -0.318 e. The Kier molecular flexibility index (Phi) is 4.68. The molecule has 1 saturated carbocycles. The van der Waals surface area contributed by atoms with Gasteiger partial charge in [-0.15, -0.1) is 10.2 Å². The summed E-state index contributed by atoms with van der Waals surface area (Å²) >= 11 is 0. The van der Waals surface area contributed by atoms with Crippen LogP contribution in [0.5, 0.6) is 0 Å². The van der Waals surface area contributed by atoms with Crippen molar-refractivity contribution in [2.75, 3.05) is 5.32 Å². The van der Waals surface area contributed by atoms with Gasteiger partial charge in [-0.05, 0) is 61.7 Å². The first-order valence-electron chi connectivity index (χ1n) is 11.0. The predicted molar refractivity (Wildman–Crippen MR) is 124 cm³/mol. The van der Waals surface area contributed by atoms with Gasteiger partial charge in [0.1, 0.15) is 17.2 Å². The zero-order valence-corrected chi connectivity index (χ0v) is 18.3. The third-order valence-corrected chi connectivity index (χ3v) is 5.93. The predicted octanol–water partition coefficient (Wildman–Crippen LogP) is 4.55. The topological polar surface area (TPSA) is 90.0 Å². The number of anilines is 1. The molecule has 168 valence electrons. The van der Waals surface area contributed by atoms with Gasteiger partial charge in [0.05, 0.1) is 23.4 Å². The smallest absolute Gasteiger partial charge is 0.274 e. The van der Waals surface area contributed by atoms with Crippen LogP contribution in [0.4, 0.5) is 10.1 Å². The van der Waals surface area contributed by atoms with Gasteiger partial charge in [-0.3, -0.25) is 9.20 Å². The molecule has 1 aromatic carbocycles. The molecule has 1 amide bonds. The van der Waals surface area contributed by atoms with Crippen molar-refractivity contribution >= 4 is 17.2 Å². The van der Waals surface area contributed by atoms with Crippen molar-refractivity contribution in [3.8, 4) is 17.2 Å². The van der Waals surface area contributed by atoms with Gasteiger partial charge < -0.3 is 9.88 Å². The van der Waals surface area contributed by atoms with Gasteiger partial charge in [0.25, 0.3) is 5.91 Å². The van der Waals surface area contributed by atoms with Gasteiger partial charge in [0.15, 0.2) is 11.5 Å². The van der Waals surface area contributed by atoms with Crippen LogP contribution in [-0.2, 0) is 0 Å². The fourth-order valence-corrected chi connectivity index (χ4v) is 3.98. The number of nitrogens with one attached hydrogen (secondary N) is 1. The van der Waals surface area contributed by atoms with Crippen molar-refractivity contribution in [3.63, 3.8) is 0 Å². The highest BCUT2D eigenvalue weighted by atomic mass is 19.1. The molecule has 1 aliphatic rings. The number of rotatable bonds is 5. The Balaban J connectivity index is 1.30. The Labute approximate surface area is 194 Å². The number of pyridine rings is 2. The van der Waals surface area contributed by atoms with Crippen molar-refractivity contribution < 1.29 is 9.18 Å². The van der Waals surface area contributed by atoms with Crippen LogP contribution in [0.3, 0.4) is 0 Å². The zero-order valence-electron chi connectivity index (χ0n) is 18.3. The molecule has 0 atom stereocenters. The molecule has 4 aromatic heterocycles. The molecule has 0 aliphatic heterocycles. The number of imidazole rings is 1. The zero-order chi connectivity index (χ0) is 23.2. The summed E-state index contributed by atoms with van der Waals surface area (Å²) in [6.45, 7) is 1.83. The molecule has 34 heavy (non-hydrogen) atoms. The summed E-state index contributed by atoms with van der Waals surface area (Å²) in [7, 11) is 0. The second-order valence-corrected chi connectivity index (χ2v) is 8.41. The molecule has 1 N–H and O–H groups in total. The van der Waals surface area contributed by atoms with E-state index in [0.717, 1.165) is 29.8 Å². The van der Waals surface area contributed by atoms with Gasteiger partial charge in [-0.25, -0.2) is 14.4 Å². The van der Waals surface area contributed by atoms with E-state index in [9.17, 15) is 9.18 Å². The average molecular weight is 453 g/mol. The normalized spacial score (nSPS) is 13.4. The number of carbonyl (C=O) groups excluding carboxylic acids is 1. The third kappa shape index (κ3) is 3.61. The fourth-order valence-electron chi connectivity index (χ4n) is 3.98. The van der Waals surface area contributed by atoms with Gasteiger partial charge >= 0.3 is 0 Å². The molecule has 8 nitrogen and oxygen atoms in total. The molecule has 1 aliphatic carbocycles. The molecule has 5 aromatic rings. The highest BCUT2D eigenvalue weighted by Crippen LogP contribution is 2.39. The van der Waals surface area contributed by atoms with E-state index in [1.807, 2.05) is 42.1 Å². The molecule has 6 rings (SSSR count). The number of halogens is 1. The molecule has 1 fully saturated rings. The molecule has 0 saturated heterocycles. The maximum atomic E-state index is 14.8. The second kappa shape index (κ2) is 7.87. The lowest BCUT2D eigenvalue weighted by Crippen LogP contribution is -2.15. The molecule has 9 heteroatoms. The van der Waals surface area contributed by atoms with Crippen molar-refractivity contribution in [2.45, 2.75) is 25.7 Å². The second-order valence-electron chi connectivity index (χ2n) is 8.41. The summed E-state index contributed by atoms with van der Waals surface area (Å²) in [6, 6.07) is 13.6. The largest absolute Gasteiger partial charge is 0.318 e. The van der Waals surface area contributed by atoms with Gasteiger partial charge in [-0.2, -0.15) is 0 Å². The summed E-state index contributed by atoms with van der Waals surface area (Å²) in [6.07, 6.45) is 7.83. The number of fused-ring (bicyclic) bond motifs is 1. The van der Waals surface area contributed by atoms with Crippen LogP contribution in [0.2, 0.25) is 0 Å². The van der Waals surface area contributed by atoms with Gasteiger partial charge in [0.2, 0.25) is 0 Å². The van der Waals surface area contributed by atoms with Crippen molar-refractivity contribution in [2.24, 2.45) is 0 Å². The lowest BCUT2D eigenvalue weighted by atomic mass is 10.1. The Morgan fingerprint density at radius 3 is 2.85 bits per heavy atom. The van der Waals surface area contributed by atoms with Crippen molar-refractivity contribution in [1.29, 1.82) is 0 Å². The molecular weight excluding hydrogens is 433 g/mol. The number of aromatic nitrogens is 6. The van der Waals surface area contributed by atoms with E-state index < -0.39 is 11.7 Å². The highest BCUT2D eigenvalue weighted by molar-refractivity contribution is 6.03. The van der Waals surface area contributed by atoms with E-state index in [-0.39, 0.29) is 11.4 Å². The first-order valence-corrected chi connectivity index (χ1v) is 11.0. The monoisotopic (exact) mass is 453 g/mol. The van der Waals surface area contributed by atoms with Gasteiger partial charge in [0, 0.05) is 18.3 Å². The highest BCUT2D eigenvalue weighted by Gasteiger charge is 2.26. The van der Waals surface area contributed by atoms with E-state index in [1.54, 1.807) is 35.0 Å². The fraction of sp³-hybridized carbons (Fsp3) is 0.160. The molecule has 4 heterocycles. The molecule has 0 bridgehead atoms. The Bertz CT molecular complexity index is 1550. The summed E-state index contributed by atoms with van der Waals surface area (Å²) in [5.41, 5.74) is 3.92. The Hall–Kier alpha value is -4.40. The van der Waals surface area contributed by atoms with E-state index in [2.05, 4.69) is 25.5 Å². The van der Waals surface area contributed by atoms with E-state index in [0.29, 0.717) is 23.1 Å². The summed E-state index contributed by atoms with van der Waals surface area (Å²) in [4.78, 5) is 21.9. The maximum Gasteiger partial charge on any atom is 0.274 e. The number of carbonyl (C=O) groups is 1. The quantitative estimate of drug-likeness (QED) is 0.422. The number of hydrogen-bond acceptors (Lipinski definition) is 5. The van der Waals surface area contributed by atoms with Crippen LogP contribution < -0.4 is 5.32 Å². The lowest BCUT2D eigenvalue weighted by molar-refractivity contribution is 0.102. The van der Waals surface area contributed by atoms with Crippen LogP contribution in [0, 0.1) is 12.7 Å². The number of nitrogens with zero attached hydrogens (tertiary/aromatic N) is 6. The molecular formula is C25H20FN7O. The number of benzene rings is 1. The van der Waals surface area contributed by atoms with Crippen LogP contribution in [-0.4, -0.2) is 35.0 Å². The summed E-state index contributed by atoms with van der Waals surface area (Å²) < 4.78 is 18.4. The molecule has 0 unspecified atom stereocenters. The van der Waals surface area contributed by atoms with Crippen molar-refractivity contribution in [1.82, 2.24) is 29.1 Å². The minimum absolute atomic E-state index is 0.0763. The number of hydrogen-bond donors (Lipinski definition) is 1. The molecule has 0 radical (unpaired) electrons. The maximum absolute atomic E-state index is 14.8. The van der Waals surface area contributed by atoms with E-state index >= 15 is 0 Å². The average Bonchev–Trinajstić information content (AvgIpc) is 3.42. The Morgan fingerprint density at radius 1 is 1.12 bits per heavy atom.